The molecule has 2 atom stereocenters. The van der Waals surface area contributed by atoms with Crippen molar-refractivity contribution in [3.8, 4) is 0 Å². The van der Waals surface area contributed by atoms with Crippen molar-refractivity contribution < 1.29 is 8.42 Å². The van der Waals surface area contributed by atoms with Crippen LogP contribution in [-0.2, 0) is 16.8 Å². The zero-order chi connectivity index (χ0) is 14.8. The minimum Gasteiger partial charge on any atom is -0.314 e. The summed E-state index contributed by atoms with van der Waals surface area (Å²) in [4.78, 5) is 0. The fraction of sp³-hybridized carbons (Fsp3) is 0.571. The average molecular weight is 297 g/mol. The van der Waals surface area contributed by atoms with E-state index in [9.17, 15) is 8.42 Å². The van der Waals surface area contributed by atoms with Gasteiger partial charge in [-0.15, -0.1) is 0 Å². The van der Waals surface area contributed by atoms with Crippen molar-refractivity contribution in [2.75, 3.05) is 20.1 Å². The lowest BCUT2D eigenvalue weighted by atomic mass is 10.2. The highest BCUT2D eigenvalue weighted by Crippen LogP contribution is 2.19. The van der Waals surface area contributed by atoms with Crippen LogP contribution in [0.3, 0.4) is 0 Å². The number of piperazine rings is 1. The van der Waals surface area contributed by atoms with Crippen LogP contribution in [0.5, 0.6) is 0 Å². The Kier molecular flexibility index (Phi) is 4.80. The Morgan fingerprint density at radius 3 is 2.30 bits per heavy atom. The number of rotatable bonds is 4. The molecule has 1 fully saturated rings. The molecule has 5 nitrogen and oxygen atoms in total. The van der Waals surface area contributed by atoms with Gasteiger partial charge in [0.15, 0.2) is 0 Å². The average Bonchev–Trinajstić information content (AvgIpc) is 2.39. The fourth-order valence-corrected chi connectivity index (χ4v) is 4.35. The highest BCUT2D eigenvalue weighted by molar-refractivity contribution is 7.86. The van der Waals surface area contributed by atoms with E-state index in [1.165, 1.54) is 4.31 Å². The summed E-state index contributed by atoms with van der Waals surface area (Å²) in [6.07, 6.45) is 0. The first kappa shape index (κ1) is 15.4. The second kappa shape index (κ2) is 6.22. The van der Waals surface area contributed by atoms with Crippen molar-refractivity contribution in [2.45, 2.75) is 32.5 Å². The molecular weight excluding hydrogens is 274 g/mol. The third-order valence-corrected chi connectivity index (χ3v) is 5.83. The summed E-state index contributed by atoms with van der Waals surface area (Å²) in [7, 11) is -1.79. The molecule has 0 spiro atoms. The van der Waals surface area contributed by atoms with Gasteiger partial charge in [-0.25, -0.2) is 0 Å². The lowest BCUT2D eigenvalue weighted by Gasteiger charge is -2.40. The van der Waals surface area contributed by atoms with Gasteiger partial charge in [-0.05, 0) is 19.4 Å². The summed E-state index contributed by atoms with van der Waals surface area (Å²) in [6.45, 7) is 5.67. The van der Waals surface area contributed by atoms with Gasteiger partial charge in [0.05, 0.1) is 0 Å². The van der Waals surface area contributed by atoms with Crippen molar-refractivity contribution in [1.82, 2.24) is 13.9 Å². The van der Waals surface area contributed by atoms with Crippen LogP contribution in [0.15, 0.2) is 30.3 Å². The molecule has 0 bridgehead atoms. The van der Waals surface area contributed by atoms with Gasteiger partial charge >= 0.3 is 0 Å². The van der Waals surface area contributed by atoms with Crippen LogP contribution in [0.4, 0.5) is 0 Å². The Hall–Kier alpha value is -0.950. The maximum Gasteiger partial charge on any atom is 0.282 e. The zero-order valence-electron chi connectivity index (χ0n) is 12.3. The van der Waals surface area contributed by atoms with E-state index in [1.54, 1.807) is 11.4 Å². The summed E-state index contributed by atoms with van der Waals surface area (Å²) in [5.41, 5.74) is 0.994. The maximum atomic E-state index is 12.7. The molecule has 0 saturated carbocycles. The molecular formula is C14H23N3O2S. The SMILES string of the molecule is CC1CNCC(C)N1S(=O)(=O)N(C)Cc1ccccc1. The predicted octanol–water partition coefficient (Wildman–Crippen LogP) is 1.05. The molecule has 1 aromatic carbocycles. The Morgan fingerprint density at radius 2 is 1.75 bits per heavy atom. The quantitative estimate of drug-likeness (QED) is 0.903. The highest BCUT2D eigenvalue weighted by atomic mass is 32.2. The second-order valence-electron chi connectivity index (χ2n) is 5.44. The van der Waals surface area contributed by atoms with Gasteiger partial charge in [-0.2, -0.15) is 17.0 Å². The number of hydrogen-bond donors (Lipinski definition) is 1. The summed E-state index contributed by atoms with van der Waals surface area (Å²) in [5, 5.41) is 3.25. The monoisotopic (exact) mass is 297 g/mol. The van der Waals surface area contributed by atoms with Crippen LogP contribution >= 0.6 is 0 Å². The Balaban J connectivity index is 2.16. The van der Waals surface area contributed by atoms with E-state index >= 15 is 0 Å². The molecule has 1 saturated heterocycles. The standard InChI is InChI=1S/C14H23N3O2S/c1-12-9-15-10-13(2)17(12)20(18,19)16(3)11-14-7-5-4-6-8-14/h4-8,12-13,15H,9-11H2,1-3H3. The van der Waals surface area contributed by atoms with Crippen molar-refractivity contribution in [3.05, 3.63) is 35.9 Å². The molecule has 20 heavy (non-hydrogen) atoms. The fourth-order valence-electron chi connectivity index (χ4n) is 2.65. The third kappa shape index (κ3) is 3.20. The molecule has 1 heterocycles. The lowest BCUT2D eigenvalue weighted by molar-refractivity contribution is 0.205. The largest absolute Gasteiger partial charge is 0.314 e. The van der Waals surface area contributed by atoms with Crippen LogP contribution in [0.25, 0.3) is 0 Å². The first-order valence-corrected chi connectivity index (χ1v) is 8.32. The summed E-state index contributed by atoms with van der Waals surface area (Å²) in [6, 6.07) is 9.60. The van der Waals surface area contributed by atoms with Gasteiger partial charge in [0, 0.05) is 38.8 Å². The van der Waals surface area contributed by atoms with E-state index in [2.05, 4.69) is 5.32 Å². The van der Waals surface area contributed by atoms with Crippen molar-refractivity contribution in [3.63, 3.8) is 0 Å². The van der Waals surface area contributed by atoms with Gasteiger partial charge in [-0.1, -0.05) is 30.3 Å². The molecule has 6 heteroatoms. The van der Waals surface area contributed by atoms with Crippen LogP contribution < -0.4 is 5.32 Å². The van der Waals surface area contributed by atoms with Gasteiger partial charge in [0.1, 0.15) is 0 Å². The topological polar surface area (TPSA) is 52.7 Å². The summed E-state index contributed by atoms with van der Waals surface area (Å²) in [5.74, 6) is 0. The van der Waals surface area contributed by atoms with Crippen LogP contribution in [0.2, 0.25) is 0 Å². The van der Waals surface area contributed by atoms with E-state index in [4.69, 9.17) is 0 Å². The lowest BCUT2D eigenvalue weighted by Crippen LogP contribution is -2.59. The molecule has 2 unspecified atom stereocenters. The van der Waals surface area contributed by atoms with E-state index in [0.717, 1.165) is 5.56 Å². The van der Waals surface area contributed by atoms with Crippen LogP contribution in [0.1, 0.15) is 19.4 Å². The third-order valence-electron chi connectivity index (χ3n) is 3.66. The predicted molar refractivity (Wildman–Crippen MR) is 80.5 cm³/mol. The van der Waals surface area contributed by atoms with Gasteiger partial charge in [-0.3, -0.25) is 0 Å². The molecule has 0 aromatic heterocycles. The molecule has 1 aromatic rings. The molecule has 1 aliphatic rings. The number of nitrogens with one attached hydrogen (secondary N) is 1. The smallest absolute Gasteiger partial charge is 0.282 e. The first-order chi connectivity index (χ1) is 9.43. The Bertz CT molecular complexity index is 523. The van der Waals surface area contributed by atoms with E-state index in [-0.39, 0.29) is 12.1 Å². The van der Waals surface area contributed by atoms with Crippen molar-refractivity contribution in [1.29, 1.82) is 0 Å². The molecule has 0 amide bonds. The molecule has 1 aliphatic heterocycles. The van der Waals surface area contributed by atoms with Crippen molar-refractivity contribution >= 4 is 10.2 Å². The van der Waals surface area contributed by atoms with Gasteiger partial charge in [0.2, 0.25) is 0 Å². The Morgan fingerprint density at radius 1 is 1.20 bits per heavy atom. The molecule has 112 valence electrons. The Labute approximate surface area is 121 Å². The summed E-state index contributed by atoms with van der Waals surface area (Å²) >= 11 is 0. The highest BCUT2D eigenvalue weighted by Gasteiger charge is 2.36. The zero-order valence-corrected chi connectivity index (χ0v) is 13.1. The molecule has 0 radical (unpaired) electrons. The minimum absolute atomic E-state index is 0.0260. The number of benzene rings is 1. The second-order valence-corrected chi connectivity index (χ2v) is 7.38. The van der Waals surface area contributed by atoms with Crippen LogP contribution in [0, 0.1) is 0 Å². The minimum atomic E-state index is -3.43. The molecule has 0 aliphatic carbocycles. The number of nitrogens with zero attached hydrogens (tertiary/aromatic N) is 2. The first-order valence-electron chi connectivity index (χ1n) is 6.92. The number of hydrogen-bond acceptors (Lipinski definition) is 3. The van der Waals surface area contributed by atoms with E-state index in [0.29, 0.717) is 19.6 Å². The summed E-state index contributed by atoms with van der Waals surface area (Å²) < 4.78 is 28.5. The normalized spacial score (nSPS) is 25.0. The van der Waals surface area contributed by atoms with E-state index < -0.39 is 10.2 Å². The molecule has 1 N–H and O–H groups in total. The molecule has 2 rings (SSSR count). The van der Waals surface area contributed by atoms with Gasteiger partial charge < -0.3 is 5.32 Å². The van der Waals surface area contributed by atoms with Crippen molar-refractivity contribution in [2.24, 2.45) is 0 Å². The van der Waals surface area contributed by atoms with E-state index in [1.807, 2.05) is 44.2 Å². The maximum absolute atomic E-state index is 12.7. The van der Waals surface area contributed by atoms with Gasteiger partial charge in [0.25, 0.3) is 10.2 Å². The van der Waals surface area contributed by atoms with Crippen LogP contribution in [-0.4, -0.2) is 49.2 Å².